The van der Waals surface area contributed by atoms with Crippen molar-refractivity contribution in [1.29, 1.82) is 0 Å². The number of alkyl halides is 1. The van der Waals surface area contributed by atoms with Crippen LogP contribution in [0, 0.1) is 0 Å². The Hall–Kier alpha value is 1.16. The summed E-state index contributed by atoms with van der Waals surface area (Å²) in [5.41, 5.74) is 0. The monoisotopic (exact) mass is 526 g/mol. The molecule has 0 aromatic carbocycles. The molecule has 0 saturated carbocycles. The molecule has 0 aliphatic heterocycles. The van der Waals surface area contributed by atoms with E-state index in [0.717, 1.165) is 0 Å². The van der Waals surface area contributed by atoms with E-state index in [1.165, 1.54) is 101 Å². The van der Waals surface area contributed by atoms with Gasteiger partial charge in [-0.05, 0) is 0 Å². The van der Waals surface area contributed by atoms with Crippen molar-refractivity contribution in [2.24, 2.45) is 0 Å². The molecule has 0 fully saturated rings. The number of rotatable bonds is 23. The summed E-state index contributed by atoms with van der Waals surface area (Å²) >= 11 is 2.69. The molecule has 0 saturated heterocycles. The summed E-state index contributed by atoms with van der Waals surface area (Å²) in [6, 6.07) is 0. The molecule has 0 heterocycles. The minimum atomic E-state index is -1.01. The predicted molar refractivity (Wildman–Crippen MR) is 147 cm³/mol. The molecule has 0 radical (unpaired) electrons. The predicted octanol–water partition coefficient (Wildman–Crippen LogP) is 10.3. The molecule has 2 heteroatoms. The molecule has 172 valence electrons. The molecule has 0 spiro atoms. The molecule has 0 rings (SSSR count). The fourth-order valence-electron chi connectivity index (χ4n) is 4.79. The van der Waals surface area contributed by atoms with Crippen molar-refractivity contribution in [3.8, 4) is 0 Å². The molecule has 0 aromatic rings. The van der Waals surface area contributed by atoms with Gasteiger partial charge in [-0.1, -0.05) is 0 Å². The van der Waals surface area contributed by atoms with E-state index < -0.39 is 7.26 Å². The van der Waals surface area contributed by atoms with Crippen molar-refractivity contribution in [1.82, 2.24) is 0 Å². The van der Waals surface area contributed by atoms with Crippen LogP contribution in [0.25, 0.3) is 0 Å². The molecule has 0 unspecified atom stereocenters. The van der Waals surface area contributed by atoms with Crippen molar-refractivity contribution in [2.75, 3.05) is 29.1 Å². The van der Waals surface area contributed by atoms with Crippen LogP contribution in [0.15, 0.2) is 0 Å². The number of unbranched alkanes of at least 4 members (excludes halogenated alkanes) is 15. The second-order valence-electron chi connectivity index (χ2n) is 9.49. The summed E-state index contributed by atoms with van der Waals surface area (Å²) in [5.74, 6) is 0. The molecule has 0 aliphatic rings. The normalized spacial score (nSPS) is 12.6. The molecule has 0 nitrogen and oxygen atoms in total. The summed E-state index contributed by atoms with van der Waals surface area (Å²) in [5, 5.41) is 0. The van der Waals surface area contributed by atoms with Gasteiger partial charge in [0.2, 0.25) is 0 Å². The van der Waals surface area contributed by atoms with Gasteiger partial charge >= 0.3 is 195 Å². The number of hydrogen-bond acceptors (Lipinski definition) is 0. The number of hydrogen-bond donors (Lipinski definition) is 0. The van der Waals surface area contributed by atoms with Crippen LogP contribution in [0.3, 0.4) is 0 Å². The zero-order chi connectivity index (χ0) is 20.8. The molecule has 0 atom stereocenters. The van der Waals surface area contributed by atoms with Gasteiger partial charge in [0, 0.05) is 0 Å². The first kappa shape index (κ1) is 29.2. The quantitative estimate of drug-likeness (QED) is 0.0538. The summed E-state index contributed by atoms with van der Waals surface area (Å²) < 4.78 is 1.42. The third-order valence-electron chi connectivity index (χ3n) is 6.81. The van der Waals surface area contributed by atoms with Crippen LogP contribution in [0.5, 0.6) is 0 Å². The van der Waals surface area contributed by atoms with Crippen LogP contribution in [0.4, 0.5) is 0 Å². The van der Waals surface area contributed by atoms with Crippen molar-refractivity contribution in [3.05, 3.63) is 0 Å². The molecular weight excluding hydrogens is 470 g/mol. The summed E-state index contributed by atoms with van der Waals surface area (Å²) in [7, 11) is -1.01. The van der Waals surface area contributed by atoms with Gasteiger partial charge in [0.05, 0.1) is 0 Å². The average molecular weight is 527 g/mol. The Labute approximate surface area is 194 Å². The van der Waals surface area contributed by atoms with Gasteiger partial charge in [0.25, 0.3) is 0 Å². The Morgan fingerprint density at radius 1 is 0.393 bits per heavy atom. The van der Waals surface area contributed by atoms with Crippen LogP contribution in [-0.2, 0) is 0 Å². The Bertz CT molecular complexity index is 251. The number of halogens is 1. The fraction of sp³-hybridized carbons (Fsp3) is 1.00. The average Bonchev–Trinajstić information content (AvgIpc) is 2.70. The van der Waals surface area contributed by atoms with Crippen LogP contribution < -0.4 is 0 Å². The van der Waals surface area contributed by atoms with Crippen LogP contribution in [0.1, 0.15) is 136 Å². The van der Waals surface area contributed by atoms with Crippen LogP contribution >= 0.6 is 29.9 Å². The molecule has 0 aliphatic carbocycles. The van der Waals surface area contributed by atoms with E-state index in [0.29, 0.717) is 0 Å². The first-order valence-corrected chi connectivity index (χ1v) is 17.7. The van der Waals surface area contributed by atoms with Crippen molar-refractivity contribution in [3.63, 3.8) is 0 Å². The van der Waals surface area contributed by atoms with Crippen molar-refractivity contribution < 1.29 is 0 Å². The van der Waals surface area contributed by atoms with E-state index in [9.17, 15) is 0 Å². The summed E-state index contributed by atoms with van der Waals surface area (Å²) in [6.45, 7) is 7.00. The van der Waals surface area contributed by atoms with Crippen LogP contribution in [-0.4, -0.2) is 29.1 Å². The zero-order valence-corrected chi connectivity index (χ0v) is 23.3. The van der Waals surface area contributed by atoms with Gasteiger partial charge in [0.1, 0.15) is 0 Å². The molecule has 0 N–H and O–H groups in total. The Balaban J connectivity index is 4.39. The topological polar surface area (TPSA) is 0 Å². The van der Waals surface area contributed by atoms with Crippen molar-refractivity contribution >= 4 is 29.9 Å². The van der Waals surface area contributed by atoms with E-state index >= 15 is 0 Å². The zero-order valence-electron chi connectivity index (χ0n) is 20.1. The van der Waals surface area contributed by atoms with E-state index in [1.807, 2.05) is 0 Å². The van der Waals surface area contributed by atoms with Gasteiger partial charge < -0.3 is 0 Å². The summed E-state index contributed by atoms with van der Waals surface area (Å²) in [4.78, 5) is 0. The van der Waals surface area contributed by atoms with Crippen LogP contribution in [0.2, 0.25) is 0 Å². The fourth-order valence-corrected chi connectivity index (χ4v) is 13.1. The second kappa shape index (κ2) is 22.8. The Morgan fingerprint density at radius 2 is 0.679 bits per heavy atom. The first-order chi connectivity index (χ1) is 13.7. The molecule has 0 amide bonds. The minimum absolute atomic E-state index is 1.01. The van der Waals surface area contributed by atoms with Gasteiger partial charge in [-0.2, -0.15) is 0 Å². The summed E-state index contributed by atoms with van der Waals surface area (Å²) in [6.07, 6.45) is 33.2. The molecular formula is C26H56IP. The second-order valence-corrected chi connectivity index (χ2v) is 15.6. The SMILES string of the molecule is CCCCCCCC[PH](CCI)(CCCCCCCC)CCCCCCCC. The molecule has 0 bridgehead atoms. The van der Waals surface area contributed by atoms with E-state index in [2.05, 4.69) is 43.4 Å². The third kappa shape index (κ3) is 18.0. The Morgan fingerprint density at radius 3 is 0.964 bits per heavy atom. The van der Waals surface area contributed by atoms with Gasteiger partial charge in [0.15, 0.2) is 0 Å². The molecule has 0 aromatic heterocycles. The maximum absolute atomic E-state index is 2.69. The molecule has 28 heavy (non-hydrogen) atoms. The van der Waals surface area contributed by atoms with E-state index in [4.69, 9.17) is 0 Å². The van der Waals surface area contributed by atoms with Gasteiger partial charge in [-0.3, -0.25) is 0 Å². The van der Waals surface area contributed by atoms with E-state index in [-0.39, 0.29) is 0 Å². The van der Waals surface area contributed by atoms with Gasteiger partial charge in [-0.25, -0.2) is 0 Å². The Kier molecular flexibility index (Phi) is 23.8. The standard InChI is InChI=1S/C26H56IP/c1-4-7-10-13-16-19-23-28(26-22-27,24-20-17-14-11-8-5-2)25-21-18-15-12-9-6-3/h28H,4-26H2,1-3H3. The van der Waals surface area contributed by atoms with Crippen molar-refractivity contribution in [2.45, 2.75) is 136 Å². The third-order valence-corrected chi connectivity index (χ3v) is 13.9. The first-order valence-electron chi connectivity index (χ1n) is 13.3. The van der Waals surface area contributed by atoms with Gasteiger partial charge in [-0.15, -0.1) is 0 Å². The maximum atomic E-state index is 2.69. The van der Waals surface area contributed by atoms with E-state index in [1.54, 1.807) is 43.9 Å².